The molecule has 0 spiro atoms. The van der Waals surface area contributed by atoms with E-state index in [1.54, 1.807) is 25.7 Å². The van der Waals surface area contributed by atoms with Crippen molar-refractivity contribution in [1.82, 2.24) is 14.9 Å². The van der Waals surface area contributed by atoms with Gasteiger partial charge in [0.15, 0.2) is 5.82 Å². The van der Waals surface area contributed by atoms with E-state index in [0.29, 0.717) is 25.5 Å². The molecule has 0 N–H and O–H groups in total. The number of hydrogen-bond acceptors (Lipinski definition) is 5. The first kappa shape index (κ1) is 21.0. The molecule has 1 aromatic heterocycles. The SMILES string of the molecule is CC1CN(C(=O)OC(C)(C)C)CCN1c1nc(Cl)nc2c(F)c(Br)c(F)cc12. The number of amides is 1. The zero-order chi connectivity index (χ0) is 20.8. The Morgan fingerprint density at radius 3 is 2.61 bits per heavy atom. The summed E-state index contributed by atoms with van der Waals surface area (Å²) in [5.41, 5.74) is -0.652. The van der Waals surface area contributed by atoms with E-state index in [0.717, 1.165) is 0 Å². The molecule has 1 aliphatic heterocycles. The van der Waals surface area contributed by atoms with Crippen LogP contribution in [0.15, 0.2) is 10.5 Å². The third-order valence-corrected chi connectivity index (χ3v) is 5.23. The minimum atomic E-state index is -0.833. The van der Waals surface area contributed by atoms with Crippen molar-refractivity contribution in [3.8, 4) is 0 Å². The summed E-state index contributed by atoms with van der Waals surface area (Å²) in [5.74, 6) is -1.26. The number of ether oxygens (including phenoxy) is 1. The topological polar surface area (TPSA) is 58.6 Å². The summed E-state index contributed by atoms with van der Waals surface area (Å²) in [7, 11) is 0. The minimum Gasteiger partial charge on any atom is -0.444 e. The molecular weight excluding hydrogens is 458 g/mol. The number of aromatic nitrogens is 2. The molecule has 0 aliphatic carbocycles. The molecular formula is C18H20BrClF2N4O2. The van der Waals surface area contributed by atoms with Gasteiger partial charge in [0.2, 0.25) is 5.28 Å². The molecule has 1 amide bonds. The fourth-order valence-electron chi connectivity index (χ4n) is 3.11. The van der Waals surface area contributed by atoms with E-state index >= 15 is 0 Å². The molecule has 1 aromatic carbocycles. The number of fused-ring (bicyclic) bond motifs is 1. The number of halogens is 4. The Morgan fingerprint density at radius 1 is 1.32 bits per heavy atom. The molecule has 152 valence electrons. The van der Waals surface area contributed by atoms with Crippen LogP contribution in [-0.2, 0) is 4.74 Å². The van der Waals surface area contributed by atoms with Crippen LogP contribution in [0.5, 0.6) is 0 Å². The quantitative estimate of drug-likeness (QED) is 0.437. The molecule has 1 atom stereocenters. The van der Waals surface area contributed by atoms with Gasteiger partial charge >= 0.3 is 6.09 Å². The molecule has 1 unspecified atom stereocenters. The number of benzene rings is 1. The summed E-state index contributed by atoms with van der Waals surface area (Å²) in [5, 5.41) is 0.0850. The molecule has 0 radical (unpaired) electrons. The van der Waals surface area contributed by atoms with E-state index in [2.05, 4.69) is 25.9 Å². The maximum atomic E-state index is 14.5. The van der Waals surface area contributed by atoms with Gasteiger partial charge in [-0.15, -0.1) is 0 Å². The van der Waals surface area contributed by atoms with Crippen LogP contribution in [0, 0.1) is 11.6 Å². The van der Waals surface area contributed by atoms with Crippen molar-refractivity contribution in [2.24, 2.45) is 0 Å². The predicted molar refractivity (Wildman–Crippen MR) is 107 cm³/mol. The molecule has 1 saturated heterocycles. The zero-order valence-corrected chi connectivity index (χ0v) is 18.2. The second-order valence-electron chi connectivity index (χ2n) is 7.67. The highest BCUT2D eigenvalue weighted by molar-refractivity contribution is 9.10. The molecule has 2 heterocycles. The molecule has 10 heteroatoms. The van der Waals surface area contributed by atoms with E-state index in [-0.39, 0.29) is 26.7 Å². The van der Waals surface area contributed by atoms with Gasteiger partial charge in [-0.25, -0.2) is 18.6 Å². The van der Waals surface area contributed by atoms with Crippen molar-refractivity contribution in [3.05, 3.63) is 27.5 Å². The van der Waals surface area contributed by atoms with Crippen molar-refractivity contribution >= 4 is 50.3 Å². The third-order valence-electron chi connectivity index (χ3n) is 4.33. The van der Waals surface area contributed by atoms with E-state index in [9.17, 15) is 13.6 Å². The van der Waals surface area contributed by atoms with Crippen LogP contribution in [0.3, 0.4) is 0 Å². The van der Waals surface area contributed by atoms with E-state index in [1.165, 1.54) is 6.07 Å². The average Bonchev–Trinajstić information content (AvgIpc) is 2.58. The minimum absolute atomic E-state index is 0.0648. The van der Waals surface area contributed by atoms with Crippen molar-refractivity contribution in [2.45, 2.75) is 39.3 Å². The van der Waals surface area contributed by atoms with Gasteiger partial charge in [-0.2, -0.15) is 4.98 Å². The van der Waals surface area contributed by atoms with E-state index in [1.807, 2.05) is 11.8 Å². The molecule has 0 bridgehead atoms. The number of piperazine rings is 1. The second-order valence-corrected chi connectivity index (χ2v) is 8.80. The number of nitrogens with zero attached hydrogens (tertiary/aromatic N) is 4. The maximum absolute atomic E-state index is 14.5. The van der Waals surface area contributed by atoms with Crippen molar-refractivity contribution in [2.75, 3.05) is 24.5 Å². The fraction of sp³-hybridized carbons (Fsp3) is 0.500. The lowest BCUT2D eigenvalue weighted by Crippen LogP contribution is -2.54. The van der Waals surface area contributed by atoms with E-state index in [4.69, 9.17) is 16.3 Å². The van der Waals surface area contributed by atoms with E-state index < -0.39 is 23.3 Å². The summed E-state index contributed by atoms with van der Waals surface area (Å²) < 4.78 is 33.7. The summed E-state index contributed by atoms with van der Waals surface area (Å²) in [6.07, 6.45) is -0.398. The van der Waals surface area contributed by atoms with Crippen LogP contribution < -0.4 is 4.90 Å². The largest absolute Gasteiger partial charge is 0.444 e. The highest BCUT2D eigenvalue weighted by atomic mass is 79.9. The van der Waals surface area contributed by atoms with Crippen LogP contribution in [-0.4, -0.2) is 52.2 Å². The number of carbonyl (C=O) groups is 1. The number of carbonyl (C=O) groups excluding carboxylic acids is 1. The van der Waals surface area contributed by atoms with Crippen LogP contribution >= 0.6 is 27.5 Å². The van der Waals surface area contributed by atoms with Gasteiger partial charge in [-0.1, -0.05) is 0 Å². The standard InChI is InChI=1S/C18H20BrClF2N4O2/c1-9-8-25(17(27)28-18(2,3)4)5-6-26(9)15-10-7-11(21)12(19)13(22)14(10)23-16(20)24-15/h7,9H,5-6,8H2,1-4H3. The highest BCUT2D eigenvalue weighted by Gasteiger charge is 2.32. The monoisotopic (exact) mass is 476 g/mol. The second kappa shape index (κ2) is 7.59. The third kappa shape index (κ3) is 4.15. The van der Waals surface area contributed by atoms with Crippen LogP contribution in [0.1, 0.15) is 27.7 Å². The predicted octanol–water partition coefficient (Wildman–Crippen LogP) is 4.77. The molecule has 28 heavy (non-hydrogen) atoms. The smallest absolute Gasteiger partial charge is 0.410 e. The lowest BCUT2D eigenvalue weighted by atomic mass is 10.1. The Hall–Kier alpha value is -1.74. The molecule has 2 aromatic rings. The molecule has 6 nitrogen and oxygen atoms in total. The van der Waals surface area contributed by atoms with Gasteiger partial charge in [-0.3, -0.25) is 0 Å². The average molecular weight is 478 g/mol. The zero-order valence-electron chi connectivity index (χ0n) is 15.9. The Balaban J connectivity index is 1.93. The van der Waals surface area contributed by atoms with Crippen molar-refractivity contribution < 1.29 is 18.3 Å². The van der Waals surface area contributed by atoms with Crippen molar-refractivity contribution in [1.29, 1.82) is 0 Å². The molecule has 3 rings (SSSR count). The summed E-state index contributed by atoms with van der Waals surface area (Å²) >= 11 is 8.88. The van der Waals surface area contributed by atoms with Gasteiger partial charge in [0, 0.05) is 31.1 Å². The van der Waals surface area contributed by atoms with Crippen LogP contribution in [0.25, 0.3) is 10.9 Å². The molecule has 1 aliphatic rings. The normalized spacial score (nSPS) is 17.9. The highest BCUT2D eigenvalue weighted by Crippen LogP contribution is 2.34. The van der Waals surface area contributed by atoms with Crippen molar-refractivity contribution in [3.63, 3.8) is 0 Å². The first-order chi connectivity index (χ1) is 13.0. The number of hydrogen-bond donors (Lipinski definition) is 0. The first-order valence-electron chi connectivity index (χ1n) is 8.73. The Bertz CT molecular complexity index is 938. The fourth-order valence-corrected chi connectivity index (χ4v) is 3.58. The van der Waals surface area contributed by atoms with Gasteiger partial charge < -0.3 is 14.5 Å². The molecule has 1 fully saturated rings. The summed E-state index contributed by atoms with van der Waals surface area (Å²) in [6.45, 7) is 8.47. The van der Waals surface area contributed by atoms with Gasteiger partial charge in [-0.05, 0) is 61.3 Å². The lowest BCUT2D eigenvalue weighted by Gasteiger charge is -2.41. The summed E-state index contributed by atoms with van der Waals surface area (Å²) in [6, 6.07) is 1.01. The Labute approximate surface area is 174 Å². The van der Waals surface area contributed by atoms with Crippen LogP contribution in [0.4, 0.5) is 19.4 Å². The lowest BCUT2D eigenvalue weighted by molar-refractivity contribution is 0.0218. The maximum Gasteiger partial charge on any atom is 0.410 e. The first-order valence-corrected chi connectivity index (χ1v) is 9.90. The Morgan fingerprint density at radius 2 is 2.00 bits per heavy atom. The van der Waals surface area contributed by atoms with Gasteiger partial charge in [0.1, 0.15) is 22.8 Å². The van der Waals surface area contributed by atoms with Gasteiger partial charge in [0.05, 0.1) is 4.47 Å². The summed E-state index contributed by atoms with van der Waals surface area (Å²) in [4.78, 5) is 23.9. The number of anilines is 1. The van der Waals surface area contributed by atoms with Crippen LogP contribution in [0.2, 0.25) is 5.28 Å². The van der Waals surface area contributed by atoms with Gasteiger partial charge in [0.25, 0.3) is 0 Å². The molecule has 0 saturated carbocycles. The Kier molecular flexibility index (Phi) is 5.69. The number of rotatable bonds is 1.